The van der Waals surface area contributed by atoms with Crippen LogP contribution >= 0.6 is 0 Å². The summed E-state index contributed by atoms with van der Waals surface area (Å²) in [5.41, 5.74) is 3.61. The van der Waals surface area contributed by atoms with Gasteiger partial charge in [0.25, 0.3) is 5.91 Å². The fraction of sp³-hybridized carbons (Fsp3) is 0.154. The summed E-state index contributed by atoms with van der Waals surface area (Å²) in [6, 6.07) is 19.8. The Morgan fingerprint density at radius 3 is 2.76 bits per heavy atom. The zero-order chi connectivity index (χ0) is 23.2. The number of hydrogen-bond acceptors (Lipinski definition) is 3. The smallest absolute Gasteiger partial charge is 0.258 e. The molecule has 0 saturated carbocycles. The van der Waals surface area contributed by atoms with Crippen molar-refractivity contribution < 1.29 is 13.9 Å². The number of carbonyl (C=O) groups excluding carboxylic acids is 1. The molecular formula is C26H25FN4O2. The van der Waals surface area contributed by atoms with Gasteiger partial charge in [-0.25, -0.2) is 4.39 Å². The SMILES string of the molecule is COc1cccc(NC(=NCCc2c[nH]c3ccccc23)NC(=O)c2ccc(C)c(F)c2)c1. The minimum absolute atomic E-state index is 0.217. The zero-order valence-corrected chi connectivity index (χ0v) is 18.5. The Morgan fingerprint density at radius 2 is 1.94 bits per heavy atom. The second-order valence-corrected chi connectivity index (χ2v) is 7.61. The Morgan fingerprint density at radius 1 is 1.09 bits per heavy atom. The molecule has 0 atom stereocenters. The molecule has 0 aliphatic heterocycles. The number of para-hydroxylation sites is 1. The number of aromatic amines is 1. The minimum atomic E-state index is -0.449. The molecule has 6 nitrogen and oxygen atoms in total. The van der Waals surface area contributed by atoms with Crippen LogP contribution in [-0.4, -0.2) is 30.5 Å². The lowest BCUT2D eigenvalue weighted by atomic mass is 10.1. The number of carbonyl (C=O) groups is 1. The van der Waals surface area contributed by atoms with E-state index in [2.05, 4.69) is 26.7 Å². The van der Waals surface area contributed by atoms with Crippen molar-refractivity contribution in [2.75, 3.05) is 19.0 Å². The van der Waals surface area contributed by atoms with E-state index in [0.29, 0.717) is 30.0 Å². The third-order valence-corrected chi connectivity index (χ3v) is 5.32. The van der Waals surface area contributed by atoms with Gasteiger partial charge in [0.1, 0.15) is 11.6 Å². The second-order valence-electron chi connectivity index (χ2n) is 7.61. The average Bonchev–Trinajstić information content (AvgIpc) is 3.24. The van der Waals surface area contributed by atoms with Crippen LogP contribution in [0.25, 0.3) is 10.9 Å². The number of ether oxygens (including phenoxy) is 1. The largest absolute Gasteiger partial charge is 0.497 e. The molecule has 0 fully saturated rings. The maximum absolute atomic E-state index is 14.0. The Hall–Kier alpha value is -4.13. The number of anilines is 1. The number of H-pyrrole nitrogens is 1. The van der Waals surface area contributed by atoms with Crippen molar-refractivity contribution in [3.63, 3.8) is 0 Å². The normalized spacial score (nSPS) is 11.4. The number of amides is 1. The summed E-state index contributed by atoms with van der Waals surface area (Å²) >= 11 is 0. The number of benzene rings is 3. The number of guanidine groups is 1. The molecule has 0 saturated heterocycles. The molecule has 0 spiro atoms. The van der Waals surface area contributed by atoms with E-state index in [1.165, 1.54) is 6.07 Å². The van der Waals surface area contributed by atoms with Crippen LogP contribution in [-0.2, 0) is 6.42 Å². The van der Waals surface area contributed by atoms with Gasteiger partial charge >= 0.3 is 0 Å². The number of aryl methyl sites for hydroxylation is 1. The molecule has 7 heteroatoms. The Kier molecular flexibility index (Phi) is 6.69. The predicted octanol–water partition coefficient (Wildman–Crippen LogP) is 5.06. The zero-order valence-electron chi connectivity index (χ0n) is 18.5. The quantitative estimate of drug-likeness (QED) is 0.287. The third-order valence-electron chi connectivity index (χ3n) is 5.32. The molecule has 0 unspecified atom stereocenters. The molecule has 3 aromatic carbocycles. The molecule has 1 amide bonds. The van der Waals surface area contributed by atoms with E-state index >= 15 is 0 Å². The summed E-state index contributed by atoms with van der Waals surface area (Å²) in [5.74, 6) is 0.0653. The molecule has 1 heterocycles. The second kappa shape index (κ2) is 9.99. The van der Waals surface area contributed by atoms with E-state index in [4.69, 9.17) is 4.74 Å². The Balaban J connectivity index is 1.54. The molecule has 3 N–H and O–H groups in total. The first-order chi connectivity index (χ1) is 16.0. The van der Waals surface area contributed by atoms with Crippen LogP contribution in [0, 0.1) is 12.7 Å². The third kappa shape index (κ3) is 5.38. The van der Waals surface area contributed by atoms with Crippen molar-refractivity contribution in [2.45, 2.75) is 13.3 Å². The van der Waals surface area contributed by atoms with Gasteiger partial charge in [0.05, 0.1) is 7.11 Å². The van der Waals surface area contributed by atoms with Crippen LogP contribution in [0.15, 0.2) is 77.9 Å². The summed E-state index contributed by atoms with van der Waals surface area (Å²) in [6.07, 6.45) is 2.66. The number of nitrogens with zero attached hydrogens (tertiary/aromatic N) is 1. The van der Waals surface area contributed by atoms with E-state index in [9.17, 15) is 9.18 Å². The van der Waals surface area contributed by atoms with Crippen LogP contribution in [0.3, 0.4) is 0 Å². The van der Waals surface area contributed by atoms with Crippen molar-refractivity contribution in [1.29, 1.82) is 0 Å². The molecular weight excluding hydrogens is 419 g/mol. The highest BCUT2D eigenvalue weighted by molar-refractivity contribution is 6.10. The van der Waals surface area contributed by atoms with Crippen molar-refractivity contribution in [1.82, 2.24) is 10.3 Å². The number of rotatable bonds is 6. The van der Waals surface area contributed by atoms with Gasteiger partial charge in [-0.2, -0.15) is 0 Å². The van der Waals surface area contributed by atoms with E-state index < -0.39 is 11.7 Å². The first-order valence-corrected chi connectivity index (χ1v) is 10.6. The van der Waals surface area contributed by atoms with Crippen LogP contribution in [0.5, 0.6) is 5.75 Å². The number of aliphatic imine (C=N–C) groups is 1. The van der Waals surface area contributed by atoms with E-state index in [1.54, 1.807) is 32.2 Å². The lowest BCUT2D eigenvalue weighted by Gasteiger charge is -2.13. The van der Waals surface area contributed by atoms with Gasteiger partial charge in [0.2, 0.25) is 5.96 Å². The van der Waals surface area contributed by atoms with E-state index in [0.717, 1.165) is 16.5 Å². The maximum atomic E-state index is 14.0. The Bertz CT molecular complexity index is 1310. The lowest BCUT2D eigenvalue weighted by Crippen LogP contribution is -2.36. The van der Waals surface area contributed by atoms with Gasteiger partial charge in [-0.1, -0.05) is 30.3 Å². The minimum Gasteiger partial charge on any atom is -0.497 e. The van der Waals surface area contributed by atoms with Gasteiger partial charge in [-0.05, 0) is 54.8 Å². The van der Waals surface area contributed by atoms with Crippen LogP contribution in [0.4, 0.5) is 10.1 Å². The average molecular weight is 445 g/mol. The Labute approximate surface area is 191 Å². The highest BCUT2D eigenvalue weighted by Crippen LogP contribution is 2.19. The van der Waals surface area contributed by atoms with Crippen molar-refractivity contribution in [2.24, 2.45) is 4.99 Å². The van der Waals surface area contributed by atoms with Gasteiger partial charge in [-0.3, -0.25) is 15.1 Å². The summed E-state index contributed by atoms with van der Waals surface area (Å²) in [4.78, 5) is 20.6. The molecule has 4 rings (SSSR count). The van der Waals surface area contributed by atoms with E-state index in [1.807, 2.05) is 42.6 Å². The summed E-state index contributed by atoms with van der Waals surface area (Å²) in [5, 5.41) is 7.05. The summed E-state index contributed by atoms with van der Waals surface area (Å²) in [6.45, 7) is 2.09. The van der Waals surface area contributed by atoms with E-state index in [-0.39, 0.29) is 11.5 Å². The van der Waals surface area contributed by atoms with Gasteiger partial charge in [0, 0.05) is 41.0 Å². The first-order valence-electron chi connectivity index (χ1n) is 10.6. The van der Waals surface area contributed by atoms with Crippen molar-refractivity contribution >= 4 is 28.5 Å². The lowest BCUT2D eigenvalue weighted by molar-refractivity contribution is 0.0976. The molecule has 33 heavy (non-hydrogen) atoms. The molecule has 168 valence electrons. The topological polar surface area (TPSA) is 78.5 Å². The molecule has 0 aliphatic rings. The number of nitrogens with one attached hydrogen (secondary N) is 3. The van der Waals surface area contributed by atoms with Crippen molar-refractivity contribution in [3.05, 3.63) is 95.4 Å². The molecule has 1 aromatic heterocycles. The van der Waals surface area contributed by atoms with Gasteiger partial charge in [0.15, 0.2) is 0 Å². The number of halogens is 1. The monoisotopic (exact) mass is 444 g/mol. The molecule has 4 aromatic rings. The summed E-state index contributed by atoms with van der Waals surface area (Å²) in [7, 11) is 1.59. The van der Waals surface area contributed by atoms with Gasteiger partial charge in [-0.15, -0.1) is 0 Å². The van der Waals surface area contributed by atoms with Crippen LogP contribution < -0.4 is 15.4 Å². The van der Waals surface area contributed by atoms with Crippen LogP contribution in [0.1, 0.15) is 21.5 Å². The highest BCUT2D eigenvalue weighted by Gasteiger charge is 2.12. The standard InChI is InChI=1S/C26H25FN4O2/c1-17-10-11-18(14-23(17)27)25(32)31-26(30-20-6-5-7-21(15-20)33-2)28-13-12-19-16-29-24-9-4-3-8-22(19)24/h3-11,14-16,29H,12-13H2,1-2H3,(H2,28,30,31,32). The number of hydrogen-bond donors (Lipinski definition) is 3. The fourth-order valence-electron chi connectivity index (χ4n) is 3.49. The highest BCUT2D eigenvalue weighted by atomic mass is 19.1. The number of methoxy groups -OCH3 is 1. The number of fused-ring (bicyclic) bond motifs is 1. The predicted molar refractivity (Wildman–Crippen MR) is 130 cm³/mol. The van der Waals surface area contributed by atoms with Crippen molar-refractivity contribution in [3.8, 4) is 5.75 Å². The first kappa shape index (κ1) is 22.1. The molecule has 0 bridgehead atoms. The van der Waals surface area contributed by atoms with Gasteiger partial charge < -0.3 is 15.0 Å². The molecule has 0 radical (unpaired) electrons. The molecule has 0 aliphatic carbocycles. The number of aromatic nitrogens is 1. The maximum Gasteiger partial charge on any atom is 0.258 e. The fourth-order valence-corrected chi connectivity index (χ4v) is 3.49. The summed E-state index contributed by atoms with van der Waals surface area (Å²) < 4.78 is 19.2. The van der Waals surface area contributed by atoms with Crippen LogP contribution in [0.2, 0.25) is 0 Å².